The molecule has 0 radical (unpaired) electrons. The van der Waals surface area contributed by atoms with Gasteiger partial charge >= 0.3 is 0 Å². The lowest BCUT2D eigenvalue weighted by Crippen LogP contribution is -2.48. The van der Waals surface area contributed by atoms with Gasteiger partial charge in [0.15, 0.2) is 5.78 Å². The van der Waals surface area contributed by atoms with Crippen LogP contribution in [0.25, 0.3) is 0 Å². The van der Waals surface area contributed by atoms with Crippen LogP contribution in [-0.2, 0) is 26.3 Å². The van der Waals surface area contributed by atoms with Crippen molar-refractivity contribution in [3.05, 3.63) is 99.3 Å². The van der Waals surface area contributed by atoms with E-state index in [1.54, 1.807) is 48.5 Å². The number of rotatable bonds is 11. The van der Waals surface area contributed by atoms with E-state index >= 15 is 0 Å². The molecule has 1 aromatic heterocycles. The summed E-state index contributed by atoms with van der Waals surface area (Å²) in [5.74, 6) is -1.11. The number of benzene rings is 2. The second kappa shape index (κ2) is 11.5. The Morgan fingerprint density at radius 2 is 1.78 bits per heavy atom. The summed E-state index contributed by atoms with van der Waals surface area (Å²) in [6.45, 7) is -1.13. The fourth-order valence-corrected chi connectivity index (χ4v) is 4.45. The van der Waals surface area contributed by atoms with Crippen molar-refractivity contribution in [3.8, 4) is 0 Å². The summed E-state index contributed by atoms with van der Waals surface area (Å²) in [6.07, 6.45) is 0.261. The van der Waals surface area contributed by atoms with Crippen LogP contribution >= 0.6 is 23.2 Å². The summed E-state index contributed by atoms with van der Waals surface area (Å²) in [6, 6.07) is 17.6. The number of halogens is 2. The molecular weight excluding hydrogens is 507 g/mol. The Morgan fingerprint density at radius 1 is 1.06 bits per heavy atom. The lowest BCUT2D eigenvalue weighted by molar-refractivity contribution is -0.181. The van der Waals surface area contributed by atoms with Crippen molar-refractivity contribution in [2.75, 3.05) is 26.4 Å². The summed E-state index contributed by atoms with van der Waals surface area (Å²) in [5, 5.41) is 21.1. The number of carbonyl (C=O) groups excluding carboxylic acids is 2. The van der Waals surface area contributed by atoms with Crippen LogP contribution in [0, 0.1) is 0 Å². The minimum absolute atomic E-state index is 0.0150. The zero-order valence-corrected chi connectivity index (χ0v) is 20.7. The summed E-state index contributed by atoms with van der Waals surface area (Å²) >= 11 is 12.2. The van der Waals surface area contributed by atoms with E-state index in [4.69, 9.17) is 37.9 Å². The number of hydrogen-bond acceptors (Lipinski definition) is 7. The van der Waals surface area contributed by atoms with E-state index in [0.717, 1.165) is 0 Å². The molecule has 2 N–H and O–H groups in total. The maximum Gasteiger partial charge on any atom is 0.279 e. The smallest absolute Gasteiger partial charge is 0.279 e. The van der Waals surface area contributed by atoms with Crippen molar-refractivity contribution in [2.45, 2.75) is 18.1 Å². The molecule has 188 valence electrons. The predicted octanol–water partition coefficient (Wildman–Crippen LogP) is 3.20. The van der Waals surface area contributed by atoms with Crippen molar-refractivity contribution >= 4 is 34.9 Å². The van der Waals surface area contributed by atoms with E-state index in [1.165, 1.54) is 11.3 Å². The standard InChI is InChI=1S/C26H24Cl2N2O6/c27-18-7-5-17(6-8-18)26(13-20-10-9-19(28)14-29-20)22-4-2-1-3-21(22)25(34)30(26)36-16-24(33)23(32)15-35-12-11-31/h1-10,14,23,31-32H,11-13,15-16H2/t23?,26-/m1/s1. The molecule has 0 saturated heterocycles. The molecule has 1 amide bonds. The van der Waals surface area contributed by atoms with Crippen molar-refractivity contribution < 1.29 is 29.4 Å². The average Bonchev–Trinajstić information content (AvgIpc) is 3.12. The molecule has 0 fully saturated rings. The first-order chi connectivity index (χ1) is 17.4. The molecule has 1 aliphatic heterocycles. The van der Waals surface area contributed by atoms with E-state index in [2.05, 4.69) is 4.98 Å². The van der Waals surface area contributed by atoms with Gasteiger partial charge in [-0.15, -0.1) is 0 Å². The van der Waals surface area contributed by atoms with Gasteiger partial charge in [-0.1, -0.05) is 53.5 Å². The van der Waals surface area contributed by atoms with Crippen molar-refractivity contribution in [1.82, 2.24) is 10.0 Å². The maximum absolute atomic E-state index is 13.6. The van der Waals surface area contributed by atoms with Gasteiger partial charge in [0.05, 0.1) is 24.8 Å². The van der Waals surface area contributed by atoms with Crippen LogP contribution in [0.15, 0.2) is 66.9 Å². The third kappa shape index (κ3) is 5.29. The first-order valence-corrected chi connectivity index (χ1v) is 11.9. The molecule has 2 heterocycles. The molecule has 2 atom stereocenters. The highest BCUT2D eigenvalue weighted by Crippen LogP contribution is 2.46. The van der Waals surface area contributed by atoms with Gasteiger partial charge in [-0.2, -0.15) is 0 Å². The minimum atomic E-state index is -1.47. The Labute approximate surface area is 218 Å². The largest absolute Gasteiger partial charge is 0.394 e. The Bertz CT molecular complexity index is 1220. The number of aliphatic hydroxyl groups is 2. The summed E-state index contributed by atoms with van der Waals surface area (Å²) in [5.41, 5.74) is 1.24. The zero-order valence-electron chi connectivity index (χ0n) is 19.1. The lowest BCUT2D eigenvalue weighted by Gasteiger charge is -2.38. The van der Waals surface area contributed by atoms with Gasteiger partial charge in [-0.05, 0) is 41.5 Å². The van der Waals surface area contributed by atoms with E-state index in [0.29, 0.717) is 32.4 Å². The third-order valence-electron chi connectivity index (χ3n) is 5.90. The van der Waals surface area contributed by atoms with Crippen LogP contribution in [-0.4, -0.2) is 64.5 Å². The number of ketones is 1. The second-order valence-corrected chi connectivity index (χ2v) is 9.08. The molecule has 0 bridgehead atoms. The summed E-state index contributed by atoms with van der Waals surface area (Å²) in [7, 11) is 0. The van der Waals surface area contributed by atoms with Crippen LogP contribution in [0.2, 0.25) is 10.0 Å². The highest BCUT2D eigenvalue weighted by molar-refractivity contribution is 6.30. The molecule has 3 aromatic rings. The number of nitrogens with zero attached hydrogens (tertiary/aromatic N) is 2. The van der Waals surface area contributed by atoms with Gasteiger partial charge in [-0.25, -0.2) is 5.06 Å². The monoisotopic (exact) mass is 530 g/mol. The number of aromatic nitrogens is 1. The quantitative estimate of drug-likeness (QED) is 0.366. The normalized spacial score (nSPS) is 17.8. The first kappa shape index (κ1) is 26.2. The van der Waals surface area contributed by atoms with E-state index < -0.39 is 29.9 Å². The SMILES string of the molecule is O=C(CON1C(=O)c2ccccc2[C@@]1(Cc1ccc(Cl)cn1)c1ccc(Cl)cc1)C(O)COCCO. The highest BCUT2D eigenvalue weighted by Gasteiger charge is 2.52. The molecule has 8 nitrogen and oxygen atoms in total. The Kier molecular flexibility index (Phi) is 8.35. The topological polar surface area (TPSA) is 109 Å². The fraction of sp³-hybridized carbons (Fsp3) is 0.269. The third-order valence-corrected chi connectivity index (χ3v) is 6.38. The van der Waals surface area contributed by atoms with Crippen molar-refractivity contribution in [2.24, 2.45) is 0 Å². The van der Waals surface area contributed by atoms with E-state index in [1.807, 2.05) is 12.1 Å². The van der Waals surface area contributed by atoms with Gasteiger partial charge in [0.2, 0.25) is 0 Å². The van der Waals surface area contributed by atoms with Crippen LogP contribution in [0.5, 0.6) is 0 Å². The van der Waals surface area contributed by atoms with E-state index in [9.17, 15) is 14.7 Å². The summed E-state index contributed by atoms with van der Waals surface area (Å²) in [4.78, 5) is 36.5. The Hall–Kier alpha value is -2.85. The van der Waals surface area contributed by atoms with Crippen LogP contribution in [0.1, 0.15) is 27.2 Å². The zero-order chi connectivity index (χ0) is 25.7. The molecule has 1 unspecified atom stereocenters. The number of Topliss-reactive ketones (excluding diaryl/α,β-unsaturated/α-hetero) is 1. The number of hydroxylamine groups is 2. The molecule has 0 aliphatic carbocycles. The van der Waals surface area contributed by atoms with Crippen LogP contribution < -0.4 is 0 Å². The second-order valence-electron chi connectivity index (χ2n) is 8.21. The molecule has 10 heteroatoms. The number of amides is 1. The highest BCUT2D eigenvalue weighted by atomic mass is 35.5. The van der Waals surface area contributed by atoms with Crippen molar-refractivity contribution in [1.29, 1.82) is 0 Å². The maximum atomic E-state index is 13.6. The number of fused-ring (bicyclic) bond motifs is 1. The van der Waals surface area contributed by atoms with Gasteiger partial charge in [0, 0.05) is 28.9 Å². The Morgan fingerprint density at radius 3 is 2.47 bits per heavy atom. The lowest BCUT2D eigenvalue weighted by atomic mass is 9.79. The number of ether oxygens (including phenoxy) is 1. The van der Waals surface area contributed by atoms with Crippen LogP contribution in [0.3, 0.4) is 0 Å². The fourth-order valence-electron chi connectivity index (χ4n) is 4.21. The average molecular weight is 531 g/mol. The van der Waals surface area contributed by atoms with Gasteiger partial charge in [0.1, 0.15) is 18.2 Å². The minimum Gasteiger partial charge on any atom is -0.394 e. The molecule has 2 aromatic carbocycles. The molecular formula is C26H24Cl2N2O6. The number of pyridine rings is 1. The van der Waals surface area contributed by atoms with Gasteiger partial charge in [-0.3, -0.25) is 19.4 Å². The van der Waals surface area contributed by atoms with Crippen molar-refractivity contribution in [3.63, 3.8) is 0 Å². The first-order valence-electron chi connectivity index (χ1n) is 11.2. The molecule has 36 heavy (non-hydrogen) atoms. The molecule has 1 aliphatic rings. The number of aliphatic hydroxyl groups excluding tert-OH is 2. The molecule has 4 rings (SSSR count). The van der Waals surface area contributed by atoms with Gasteiger partial charge in [0.25, 0.3) is 5.91 Å². The van der Waals surface area contributed by atoms with Crippen LogP contribution in [0.4, 0.5) is 0 Å². The number of hydrogen-bond donors (Lipinski definition) is 2. The molecule has 0 saturated carbocycles. The predicted molar refractivity (Wildman–Crippen MR) is 133 cm³/mol. The van der Waals surface area contributed by atoms with Gasteiger partial charge < -0.3 is 14.9 Å². The number of carbonyl (C=O) groups is 2. The van der Waals surface area contributed by atoms with E-state index in [-0.39, 0.29) is 26.2 Å². The molecule has 0 spiro atoms. The summed E-state index contributed by atoms with van der Waals surface area (Å²) < 4.78 is 5.03. The Balaban J connectivity index is 1.74.